The molecule has 2 aliphatic heterocycles. The van der Waals surface area contributed by atoms with Crippen LogP contribution in [0, 0.1) is 15.3 Å². The molecule has 2 heterocycles. The molecule has 1 saturated heterocycles. The SMILES string of the molecule is O=[N+]([O-])C1=C(N2CCOCC2)[NH+]([O-])C=C1. The van der Waals surface area contributed by atoms with Crippen molar-refractivity contribution in [1.82, 2.24) is 4.90 Å². The van der Waals surface area contributed by atoms with Gasteiger partial charge in [-0.2, -0.15) is 0 Å². The van der Waals surface area contributed by atoms with Crippen molar-refractivity contribution in [3.8, 4) is 0 Å². The van der Waals surface area contributed by atoms with Gasteiger partial charge in [0.1, 0.15) is 6.20 Å². The van der Waals surface area contributed by atoms with Gasteiger partial charge in [0, 0.05) is 13.1 Å². The zero-order chi connectivity index (χ0) is 10.8. The Labute approximate surface area is 85.9 Å². The Kier molecular flexibility index (Phi) is 2.67. The summed E-state index contributed by atoms with van der Waals surface area (Å²) >= 11 is 0. The van der Waals surface area contributed by atoms with Crippen molar-refractivity contribution in [2.24, 2.45) is 0 Å². The Hall–Kier alpha value is -1.44. The van der Waals surface area contributed by atoms with E-state index in [1.807, 2.05) is 0 Å². The van der Waals surface area contributed by atoms with Gasteiger partial charge in [0.15, 0.2) is 0 Å². The zero-order valence-corrected chi connectivity index (χ0v) is 8.01. The van der Waals surface area contributed by atoms with Gasteiger partial charge in [0.2, 0.25) is 0 Å². The number of quaternary nitrogens is 1. The molecule has 1 unspecified atom stereocenters. The van der Waals surface area contributed by atoms with Crippen LogP contribution in [0.2, 0.25) is 0 Å². The number of morpholine rings is 1. The molecule has 0 aromatic carbocycles. The third-order valence-corrected chi connectivity index (χ3v) is 2.39. The Balaban J connectivity index is 2.24. The van der Waals surface area contributed by atoms with Gasteiger partial charge in [-0.3, -0.25) is 15.2 Å². The zero-order valence-electron chi connectivity index (χ0n) is 8.01. The first kappa shape index (κ1) is 10.1. The fourth-order valence-corrected chi connectivity index (χ4v) is 1.69. The number of allylic oxidation sites excluding steroid dienone is 1. The van der Waals surface area contributed by atoms with Crippen LogP contribution in [0.15, 0.2) is 23.8 Å². The summed E-state index contributed by atoms with van der Waals surface area (Å²) in [6.07, 6.45) is 2.50. The van der Waals surface area contributed by atoms with E-state index in [1.54, 1.807) is 4.90 Å². The molecule has 0 aromatic heterocycles. The second-order valence-corrected chi connectivity index (χ2v) is 3.29. The van der Waals surface area contributed by atoms with E-state index in [9.17, 15) is 15.3 Å². The average Bonchev–Trinajstić information content (AvgIpc) is 2.61. The molecule has 1 atom stereocenters. The number of hydrogen-bond donors (Lipinski definition) is 1. The van der Waals surface area contributed by atoms with Crippen molar-refractivity contribution in [3.63, 3.8) is 0 Å². The van der Waals surface area contributed by atoms with Crippen LogP contribution in [0.4, 0.5) is 0 Å². The maximum atomic E-state index is 11.5. The number of rotatable bonds is 2. The van der Waals surface area contributed by atoms with Gasteiger partial charge < -0.3 is 14.8 Å². The molecule has 0 saturated carbocycles. The quantitative estimate of drug-likeness (QED) is 0.349. The fraction of sp³-hybridized carbons (Fsp3) is 0.500. The highest BCUT2D eigenvalue weighted by Crippen LogP contribution is 2.12. The van der Waals surface area contributed by atoms with Gasteiger partial charge in [-0.05, 0) is 0 Å². The second-order valence-electron chi connectivity index (χ2n) is 3.29. The summed E-state index contributed by atoms with van der Waals surface area (Å²) in [5, 5.41) is 21.9. The van der Waals surface area contributed by atoms with E-state index < -0.39 is 4.92 Å². The molecular weight excluding hydrogens is 202 g/mol. The third kappa shape index (κ3) is 1.84. The number of nitrogens with one attached hydrogen (secondary N) is 1. The summed E-state index contributed by atoms with van der Waals surface area (Å²) < 4.78 is 5.12. The molecular formula is C8H11N3O4. The minimum atomic E-state index is -0.522. The van der Waals surface area contributed by atoms with Crippen LogP contribution in [0.25, 0.3) is 0 Å². The van der Waals surface area contributed by atoms with Crippen LogP contribution < -0.4 is 5.06 Å². The number of ether oxygens (including phenoxy) is 1. The van der Waals surface area contributed by atoms with Crippen molar-refractivity contribution < 1.29 is 14.7 Å². The highest BCUT2D eigenvalue weighted by atomic mass is 16.6. The van der Waals surface area contributed by atoms with Crippen LogP contribution in [0.1, 0.15) is 0 Å². The van der Waals surface area contributed by atoms with Crippen LogP contribution in [-0.4, -0.2) is 36.1 Å². The van der Waals surface area contributed by atoms with E-state index in [0.717, 1.165) is 0 Å². The molecule has 2 rings (SSSR count). The van der Waals surface area contributed by atoms with Gasteiger partial charge in [-0.15, -0.1) is 0 Å². The van der Waals surface area contributed by atoms with E-state index in [-0.39, 0.29) is 16.6 Å². The summed E-state index contributed by atoms with van der Waals surface area (Å²) in [6.45, 7) is 2.06. The molecule has 1 fully saturated rings. The lowest BCUT2D eigenvalue weighted by Gasteiger charge is -2.30. The Morgan fingerprint density at radius 1 is 1.47 bits per heavy atom. The molecule has 0 radical (unpaired) electrons. The normalized spacial score (nSPS) is 26.2. The van der Waals surface area contributed by atoms with Gasteiger partial charge >= 0.3 is 5.70 Å². The summed E-state index contributed by atoms with van der Waals surface area (Å²) in [7, 11) is 0. The monoisotopic (exact) mass is 213 g/mol. The summed E-state index contributed by atoms with van der Waals surface area (Å²) in [5.74, 6) is 0.198. The second kappa shape index (κ2) is 3.97. The van der Waals surface area contributed by atoms with Gasteiger partial charge in [-0.1, -0.05) is 0 Å². The molecule has 82 valence electrons. The number of hydrogen-bond acceptors (Lipinski definition) is 5. The highest BCUT2D eigenvalue weighted by Gasteiger charge is 2.33. The van der Waals surface area contributed by atoms with E-state index in [4.69, 9.17) is 4.74 Å². The predicted molar refractivity (Wildman–Crippen MR) is 49.9 cm³/mol. The maximum absolute atomic E-state index is 11.5. The Morgan fingerprint density at radius 3 is 2.73 bits per heavy atom. The first-order valence-electron chi connectivity index (χ1n) is 4.64. The minimum absolute atomic E-state index is 0.109. The van der Waals surface area contributed by atoms with Crippen LogP contribution in [0.5, 0.6) is 0 Å². The van der Waals surface area contributed by atoms with Crippen molar-refractivity contribution in [3.05, 3.63) is 39.1 Å². The topological polar surface area (TPSA) is 83.1 Å². The molecule has 2 aliphatic rings. The standard InChI is InChI=1S/C8H11N3O4/c12-10-2-1-7(11(13)14)8(10)9-3-5-15-6-4-9/h1-2,10H,3-6H2. The van der Waals surface area contributed by atoms with E-state index in [1.165, 1.54) is 12.3 Å². The van der Waals surface area contributed by atoms with Crippen molar-refractivity contribution in [2.45, 2.75) is 0 Å². The molecule has 7 nitrogen and oxygen atoms in total. The van der Waals surface area contributed by atoms with Gasteiger partial charge in [0.05, 0.1) is 24.2 Å². The largest absolute Gasteiger partial charge is 0.623 e. The van der Waals surface area contributed by atoms with Crippen molar-refractivity contribution in [1.29, 1.82) is 0 Å². The molecule has 0 aromatic rings. The van der Waals surface area contributed by atoms with Crippen LogP contribution in [-0.2, 0) is 4.74 Å². The summed E-state index contributed by atoms with van der Waals surface area (Å²) in [6, 6.07) is 0. The number of nitro groups is 1. The molecule has 0 amide bonds. The molecule has 7 heteroatoms. The van der Waals surface area contributed by atoms with Crippen molar-refractivity contribution in [2.75, 3.05) is 26.3 Å². The van der Waals surface area contributed by atoms with Crippen LogP contribution >= 0.6 is 0 Å². The number of hydroxylamine groups is 2. The molecule has 0 aliphatic carbocycles. The Bertz CT molecular complexity index is 333. The molecule has 0 spiro atoms. The van der Waals surface area contributed by atoms with Crippen molar-refractivity contribution >= 4 is 0 Å². The fourth-order valence-electron chi connectivity index (χ4n) is 1.69. The maximum Gasteiger partial charge on any atom is 0.353 e. The molecule has 0 bridgehead atoms. The van der Waals surface area contributed by atoms with Crippen LogP contribution in [0.3, 0.4) is 0 Å². The van der Waals surface area contributed by atoms with Gasteiger partial charge in [0.25, 0.3) is 5.82 Å². The smallest absolute Gasteiger partial charge is 0.353 e. The van der Waals surface area contributed by atoms with Gasteiger partial charge in [-0.25, -0.2) is 0 Å². The summed E-state index contributed by atoms with van der Waals surface area (Å²) in [5.41, 5.74) is -0.109. The average molecular weight is 213 g/mol. The first-order chi connectivity index (χ1) is 7.20. The highest BCUT2D eigenvalue weighted by molar-refractivity contribution is 5.18. The lowest BCUT2D eigenvalue weighted by Crippen LogP contribution is -3.01. The number of nitrogens with zero attached hydrogens (tertiary/aromatic N) is 2. The lowest BCUT2D eigenvalue weighted by atomic mass is 10.4. The third-order valence-electron chi connectivity index (χ3n) is 2.39. The van der Waals surface area contributed by atoms with E-state index in [0.29, 0.717) is 26.3 Å². The first-order valence-corrected chi connectivity index (χ1v) is 4.64. The lowest BCUT2D eigenvalue weighted by molar-refractivity contribution is -0.758. The van der Waals surface area contributed by atoms with E-state index >= 15 is 0 Å². The summed E-state index contributed by atoms with van der Waals surface area (Å²) in [4.78, 5) is 11.9. The Morgan fingerprint density at radius 2 is 2.13 bits per heavy atom. The molecule has 15 heavy (non-hydrogen) atoms. The van der Waals surface area contributed by atoms with E-state index in [2.05, 4.69) is 0 Å². The predicted octanol–water partition coefficient (Wildman–Crippen LogP) is -1.33. The minimum Gasteiger partial charge on any atom is -0.623 e. The molecule has 1 N–H and O–H groups in total.